The van der Waals surface area contributed by atoms with Gasteiger partial charge in [-0.2, -0.15) is 5.10 Å². The molecule has 6 nitrogen and oxygen atoms in total. The zero-order valence-electron chi connectivity index (χ0n) is 13.5. The van der Waals surface area contributed by atoms with Crippen LogP contribution in [0.3, 0.4) is 0 Å². The third-order valence-electron chi connectivity index (χ3n) is 4.55. The first-order valence-electron chi connectivity index (χ1n) is 7.98. The summed E-state index contributed by atoms with van der Waals surface area (Å²) in [4.78, 5) is 18.8. The number of hydrogen-bond acceptors (Lipinski definition) is 4. The van der Waals surface area contributed by atoms with E-state index < -0.39 is 0 Å². The van der Waals surface area contributed by atoms with E-state index in [-0.39, 0.29) is 18.6 Å². The van der Waals surface area contributed by atoms with Crippen molar-refractivity contribution < 1.29 is 9.90 Å². The minimum absolute atomic E-state index is 0.0167. The molecule has 122 valence electrons. The molecule has 1 saturated heterocycles. The number of aliphatic hydroxyl groups is 1. The van der Waals surface area contributed by atoms with Gasteiger partial charge in [0.15, 0.2) is 5.82 Å². The zero-order chi connectivity index (χ0) is 16.4. The molecule has 0 radical (unpaired) electrons. The van der Waals surface area contributed by atoms with Crippen LogP contribution in [0, 0.1) is 5.92 Å². The summed E-state index contributed by atoms with van der Waals surface area (Å²) in [5.41, 5.74) is 1.52. The lowest BCUT2D eigenvalue weighted by molar-refractivity contribution is 0.0358. The Balaban J connectivity index is 1.79. The maximum Gasteiger partial charge on any atom is 0.254 e. The second-order valence-electron chi connectivity index (χ2n) is 6.19. The first-order chi connectivity index (χ1) is 11.1. The average Bonchev–Trinajstić information content (AvgIpc) is 3.00. The molecule has 2 unspecified atom stereocenters. The fourth-order valence-electron chi connectivity index (χ4n) is 3.18. The van der Waals surface area contributed by atoms with E-state index in [1.165, 1.54) is 0 Å². The topological polar surface area (TPSA) is 71.2 Å². The normalized spacial score (nSPS) is 21.4. The van der Waals surface area contributed by atoms with Crippen molar-refractivity contribution in [3.63, 3.8) is 0 Å². The quantitative estimate of drug-likeness (QED) is 0.936. The van der Waals surface area contributed by atoms with E-state index in [9.17, 15) is 9.90 Å². The molecule has 2 atom stereocenters. The third kappa shape index (κ3) is 3.12. The van der Waals surface area contributed by atoms with Gasteiger partial charge in [0.25, 0.3) is 5.91 Å². The van der Waals surface area contributed by atoms with Crippen molar-refractivity contribution in [3.8, 4) is 11.4 Å². The highest BCUT2D eigenvalue weighted by atomic mass is 16.3. The SMILES string of the molecule is CC1CCCN(C(=O)c2ccc(-c3ncn(C)n3)cc2)C1CO. The molecule has 1 aliphatic heterocycles. The highest BCUT2D eigenvalue weighted by Gasteiger charge is 2.31. The van der Waals surface area contributed by atoms with E-state index in [2.05, 4.69) is 17.0 Å². The van der Waals surface area contributed by atoms with Crippen LogP contribution in [0.25, 0.3) is 11.4 Å². The number of piperidine rings is 1. The predicted molar refractivity (Wildman–Crippen MR) is 86.7 cm³/mol. The van der Waals surface area contributed by atoms with Crippen LogP contribution in [0.5, 0.6) is 0 Å². The summed E-state index contributed by atoms with van der Waals surface area (Å²) in [6, 6.07) is 7.26. The molecular weight excluding hydrogens is 292 g/mol. The summed E-state index contributed by atoms with van der Waals surface area (Å²) in [6.07, 6.45) is 3.69. The van der Waals surface area contributed by atoms with Gasteiger partial charge in [0.2, 0.25) is 0 Å². The van der Waals surface area contributed by atoms with Crippen molar-refractivity contribution in [1.82, 2.24) is 19.7 Å². The van der Waals surface area contributed by atoms with Crippen molar-refractivity contribution in [2.75, 3.05) is 13.2 Å². The Morgan fingerprint density at radius 1 is 1.35 bits per heavy atom. The van der Waals surface area contributed by atoms with Crippen LogP contribution in [0.4, 0.5) is 0 Å². The largest absolute Gasteiger partial charge is 0.394 e. The van der Waals surface area contributed by atoms with E-state index in [0.717, 1.165) is 18.4 Å². The van der Waals surface area contributed by atoms with Gasteiger partial charge in [0, 0.05) is 24.7 Å². The number of rotatable bonds is 3. The van der Waals surface area contributed by atoms with Crippen LogP contribution < -0.4 is 0 Å². The van der Waals surface area contributed by atoms with E-state index in [1.54, 1.807) is 11.0 Å². The van der Waals surface area contributed by atoms with Gasteiger partial charge < -0.3 is 10.0 Å². The molecule has 6 heteroatoms. The Bertz CT molecular complexity index is 680. The van der Waals surface area contributed by atoms with Gasteiger partial charge in [-0.15, -0.1) is 0 Å². The van der Waals surface area contributed by atoms with Crippen LogP contribution in [-0.2, 0) is 7.05 Å². The lowest BCUT2D eigenvalue weighted by Gasteiger charge is -2.39. The molecule has 23 heavy (non-hydrogen) atoms. The maximum absolute atomic E-state index is 12.7. The molecular formula is C17H22N4O2. The molecule has 2 aromatic rings. The fraction of sp³-hybridized carbons (Fsp3) is 0.471. The maximum atomic E-state index is 12.7. The summed E-state index contributed by atoms with van der Waals surface area (Å²) < 4.78 is 1.65. The number of aryl methyl sites for hydroxylation is 1. The Morgan fingerprint density at radius 2 is 2.09 bits per heavy atom. The second kappa shape index (κ2) is 6.50. The third-order valence-corrected chi connectivity index (χ3v) is 4.55. The summed E-state index contributed by atoms with van der Waals surface area (Å²) >= 11 is 0. The first-order valence-corrected chi connectivity index (χ1v) is 7.98. The standard InChI is InChI=1S/C17H22N4O2/c1-12-4-3-9-21(15(12)10-22)17(23)14-7-5-13(6-8-14)16-18-11-20(2)19-16/h5-8,11-12,15,22H,3-4,9-10H2,1-2H3. The molecule has 0 spiro atoms. The lowest BCUT2D eigenvalue weighted by atomic mass is 9.90. The van der Waals surface area contributed by atoms with E-state index in [0.29, 0.717) is 23.9 Å². The highest BCUT2D eigenvalue weighted by Crippen LogP contribution is 2.25. The molecule has 1 aromatic carbocycles. The van der Waals surface area contributed by atoms with Gasteiger partial charge in [-0.3, -0.25) is 9.48 Å². The van der Waals surface area contributed by atoms with Crippen LogP contribution in [-0.4, -0.2) is 49.9 Å². The van der Waals surface area contributed by atoms with Crippen LogP contribution in [0.15, 0.2) is 30.6 Å². The van der Waals surface area contributed by atoms with Crippen molar-refractivity contribution in [2.45, 2.75) is 25.8 Å². The minimum Gasteiger partial charge on any atom is -0.394 e. The summed E-state index contributed by atoms with van der Waals surface area (Å²) in [7, 11) is 1.82. The molecule has 0 aliphatic carbocycles. The number of benzene rings is 1. The second-order valence-corrected chi connectivity index (χ2v) is 6.19. The molecule has 0 bridgehead atoms. The molecule has 0 saturated carbocycles. The molecule has 1 amide bonds. The minimum atomic E-state index is -0.0895. The number of aromatic nitrogens is 3. The summed E-state index contributed by atoms with van der Waals surface area (Å²) in [5, 5.41) is 13.9. The monoisotopic (exact) mass is 314 g/mol. The van der Waals surface area contributed by atoms with Crippen molar-refractivity contribution in [1.29, 1.82) is 0 Å². The summed E-state index contributed by atoms with van der Waals surface area (Å²) in [6.45, 7) is 2.82. The number of amides is 1. The van der Waals surface area contributed by atoms with Gasteiger partial charge in [0.05, 0.1) is 12.6 Å². The molecule has 1 aromatic heterocycles. The molecule has 2 heterocycles. The van der Waals surface area contributed by atoms with Gasteiger partial charge in [-0.05, 0) is 30.9 Å². The molecule has 1 fully saturated rings. The highest BCUT2D eigenvalue weighted by molar-refractivity contribution is 5.95. The van der Waals surface area contributed by atoms with Gasteiger partial charge in [-0.1, -0.05) is 19.1 Å². The Labute approximate surface area is 135 Å². The molecule has 1 N–H and O–H groups in total. The van der Waals surface area contributed by atoms with Crippen LogP contribution in [0.2, 0.25) is 0 Å². The number of hydrogen-bond donors (Lipinski definition) is 1. The smallest absolute Gasteiger partial charge is 0.254 e. The Kier molecular flexibility index (Phi) is 4.43. The average molecular weight is 314 g/mol. The Morgan fingerprint density at radius 3 is 2.70 bits per heavy atom. The van der Waals surface area contributed by atoms with E-state index in [1.807, 2.05) is 36.2 Å². The molecule has 3 rings (SSSR count). The fourth-order valence-corrected chi connectivity index (χ4v) is 3.18. The van der Waals surface area contributed by atoms with Crippen LogP contribution >= 0.6 is 0 Å². The van der Waals surface area contributed by atoms with Gasteiger partial charge in [-0.25, -0.2) is 4.98 Å². The number of carbonyl (C=O) groups excluding carboxylic acids is 1. The van der Waals surface area contributed by atoms with Crippen LogP contribution in [0.1, 0.15) is 30.1 Å². The lowest BCUT2D eigenvalue weighted by Crippen LogP contribution is -2.49. The number of likely N-dealkylation sites (tertiary alicyclic amines) is 1. The van der Waals surface area contributed by atoms with Crippen molar-refractivity contribution in [3.05, 3.63) is 36.2 Å². The van der Waals surface area contributed by atoms with Crippen molar-refractivity contribution in [2.24, 2.45) is 13.0 Å². The molecule has 1 aliphatic rings. The number of carbonyl (C=O) groups is 1. The van der Waals surface area contributed by atoms with E-state index in [4.69, 9.17) is 0 Å². The predicted octanol–water partition coefficient (Wildman–Crippen LogP) is 1.72. The first kappa shape index (κ1) is 15.7. The van der Waals surface area contributed by atoms with E-state index >= 15 is 0 Å². The zero-order valence-corrected chi connectivity index (χ0v) is 13.5. The number of nitrogens with zero attached hydrogens (tertiary/aromatic N) is 4. The van der Waals surface area contributed by atoms with Gasteiger partial charge >= 0.3 is 0 Å². The van der Waals surface area contributed by atoms with Crippen molar-refractivity contribution >= 4 is 5.91 Å². The summed E-state index contributed by atoms with van der Waals surface area (Å²) in [5.74, 6) is 0.956. The van der Waals surface area contributed by atoms with Gasteiger partial charge in [0.1, 0.15) is 6.33 Å². The Hall–Kier alpha value is -2.21. The number of aliphatic hydroxyl groups excluding tert-OH is 1.